The standard InChI is InChI=1S/C22H29N3O3/c1-5-28-22(27)24-11-9-23(10-12-24)21(26)20-17(3)14-18(4)25(20)15-19-8-6-7-16(2)13-19/h6-8,13-14H,5,9-12,15H2,1-4H3. The number of aryl methyl sites for hydroxylation is 3. The Morgan fingerprint density at radius 2 is 1.68 bits per heavy atom. The lowest BCUT2D eigenvalue weighted by Gasteiger charge is -2.34. The SMILES string of the molecule is CCOC(=O)N1CCN(C(=O)c2c(C)cc(C)n2Cc2cccc(C)c2)CC1. The molecule has 6 nitrogen and oxygen atoms in total. The molecule has 2 heterocycles. The van der Waals surface area contributed by atoms with Crippen LogP contribution in [0.25, 0.3) is 0 Å². The van der Waals surface area contributed by atoms with Gasteiger partial charge in [0, 0.05) is 38.4 Å². The number of piperazine rings is 1. The van der Waals surface area contributed by atoms with Crippen LogP contribution in [0, 0.1) is 20.8 Å². The zero-order valence-corrected chi connectivity index (χ0v) is 17.2. The smallest absolute Gasteiger partial charge is 0.409 e. The summed E-state index contributed by atoms with van der Waals surface area (Å²) in [5.74, 6) is 0.0294. The van der Waals surface area contributed by atoms with E-state index in [0.717, 1.165) is 17.0 Å². The first-order valence-electron chi connectivity index (χ1n) is 9.84. The molecule has 1 aromatic carbocycles. The van der Waals surface area contributed by atoms with Gasteiger partial charge in [0.2, 0.25) is 0 Å². The van der Waals surface area contributed by atoms with Crippen molar-refractivity contribution >= 4 is 12.0 Å². The minimum Gasteiger partial charge on any atom is -0.450 e. The minimum atomic E-state index is -0.301. The molecular weight excluding hydrogens is 354 g/mol. The maximum absolute atomic E-state index is 13.3. The van der Waals surface area contributed by atoms with Crippen LogP contribution in [0.4, 0.5) is 4.79 Å². The predicted molar refractivity (Wildman–Crippen MR) is 109 cm³/mol. The van der Waals surface area contributed by atoms with Crippen molar-refractivity contribution in [2.75, 3.05) is 32.8 Å². The van der Waals surface area contributed by atoms with Crippen LogP contribution in [0.15, 0.2) is 30.3 Å². The number of carbonyl (C=O) groups is 2. The van der Waals surface area contributed by atoms with Gasteiger partial charge in [0.25, 0.3) is 5.91 Å². The summed E-state index contributed by atoms with van der Waals surface area (Å²) in [7, 11) is 0. The summed E-state index contributed by atoms with van der Waals surface area (Å²) in [6.45, 7) is 11.0. The van der Waals surface area contributed by atoms with E-state index in [1.54, 1.807) is 11.8 Å². The summed E-state index contributed by atoms with van der Waals surface area (Å²) in [5, 5.41) is 0. The minimum absolute atomic E-state index is 0.0294. The molecule has 0 atom stereocenters. The van der Waals surface area contributed by atoms with E-state index in [4.69, 9.17) is 4.74 Å². The van der Waals surface area contributed by atoms with E-state index in [0.29, 0.717) is 39.3 Å². The van der Waals surface area contributed by atoms with Gasteiger partial charge in [-0.2, -0.15) is 0 Å². The Morgan fingerprint density at radius 1 is 1.00 bits per heavy atom. The number of carbonyl (C=O) groups excluding carboxylic acids is 2. The molecule has 0 aliphatic carbocycles. The number of ether oxygens (including phenoxy) is 1. The fraction of sp³-hybridized carbons (Fsp3) is 0.455. The van der Waals surface area contributed by atoms with Gasteiger partial charge in [-0.15, -0.1) is 0 Å². The molecule has 0 saturated carbocycles. The van der Waals surface area contributed by atoms with Gasteiger partial charge in [-0.05, 0) is 44.9 Å². The molecule has 0 bridgehead atoms. The molecule has 2 aromatic rings. The number of aromatic nitrogens is 1. The third-order valence-corrected chi connectivity index (χ3v) is 5.21. The maximum Gasteiger partial charge on any atom is 0.409 e. The summed E-state index contributed by atoms with van der Waals surface area (Å²) in [6, 6.07) is 10.4. The molecule has 28 heavy (non-hydrogen) atoms. The van der Waals surface area contributed by atoms with Crippen molar-refractivity contribution in [1.82, 2.24) is 14.4 Å². The van der Waals surface area contributed by atoms with Crippen molar-refractivity contribution in [3.8, 4) is 0 Å². The van der Waals surface area contributed by atoms with Gasteiger partial charge in [-0.25, -0.2) is 4.79 Å². The highest BCUT2D eigenvalue weighted by molar-refractivity contribution is 5.94. The summed E-state index contributed by atoms with van der Waals surface area (Å²) in [5.41, 5.74) is 5.20. The molecular formula is C22H29N3O3. The second-order valence-electron chi connectivity index (χ2n) is 7.37. The van der Waals surface area contributed by atoms with Crippen molar-refractivity contribution in [2.45, 2.75) is 34.2 Å². The molecule has 1 aliphatic rings. The van der Waals surface area contributed by atoms with Crippen LogP contribution in [0.3, 0.4) is 0 Å². The number of amides is 2. The van der Waals surface area contributed by atoms with E-state index in [1.165, 1.54) is 11.1 Å². The Morgan fingerprint density at radius 3 is 2.32 bits per heavy atom. The molecule has 1 saturated heterocycles. The van der Waals surface area contributed by atoms with Gasteiger partial charge >= 0.3 is 6.09 Å². The monoisotopic (exact) mass is 383 g/mol. The van der Waals surface area contributed by atoms with Crippen LogP contribution < -0.4 is 0 Å². The Kier molecular flexibility index (Phi) is 6.07. The Labute approximate surface area is 166 Å². The average molecular weight is 383 g/mol. The summed E-state index contributed by atoms with van der Waals surface area (Å²) < 4.78 is 7.16. The van der Waals surface area contributed by atoms with E-state index in [2.05, 4.69) is 35.8 Å². The van der Waals surface area contributed by atoms with Crippen molar-refractivity contribution in [1.29, 1.82) is 0 Å². The Balaban J connectivity index is 1.76. The zero-order valence-electron chi connectivity index (χ0n) is 17.2. The molecule has 0 N–H and O–H groups in total. The van der Waals surface area contributed by atoms with Gasteiger partial charge in [0.1, 0.15) is 5.69 Å². The lowest BCUT2D eigenvalue weighted by atomic mass is 10.1. The van der Waals surface area contributed by atoms with E-state index in [1.807, 2.05) is 24.8 Å². The zero-order chi connectivity index (χ0) is 20.3. The predicted octanol–water partition coefficient (Wildman–Crippen LogP) is 3.38. The fourth-order valence-electron chi connectivity index (χ4n) is 3.79. The Bertz CT molecular complexity index is 864. The lowest BCUT2D eigenvalue weighted by molar-refractivity contribution is 0.0561. The van der Waals surface area contributed by atoms with Crippen LogP contribution in [-0.2, 0) is 11.3 Å². The number of hydrogen-bond donors (Lipinski definition) is 0. The third kappa shape index (κ3) is 4.21. The van der Waals surface area contributed by atoms with E-state index < -0.39 is 0 Å². The number of rotatable bonds is 4. The van der Waals surface area contributed by atoms with Crippen molar-refractivity contribution in [3.63, 3.8) is 0 Å². The highest BCUT2D eigenvalue weighted by Gasteiger charge is 2.28. The molecule has 3 rings (SSSR count). The third-order valence-electron chi connectivity index (χ3n) is 5.21. The quantitative estimate of drug-likeness (QED) is 0.813. The second-order valence-corrected chi connectivity index (χ2v) is 7.37. The van der Waals surface area contributed by atoms with Crippen LogP contribution >= 0.6 is 0 Å². The van der Waals surface area contributed by atoms with Crippen LogP contribution in [-0.4, -0.2) is 59.2 Å². The fourth-order valence-corrected chi connectivity index (χ4v) is 3.79. The summed E-state index contributed by atoms with van der Waals surface area (Å²) in [4.78, 5) is 28.7. The van der Waals surface area contributed by atoms with Gasteiger partial charge in [0.05, 0.1) is 6.61 Å². The lowest BCUT2D eigenvalue weighted by Crippen LogP contribution is -2.51. The van der Waals surface area contributed by atoms with Gasteiger partial charge in [-0.1, -0.05) is 29.8 Å². The van der Waals surface area contributed by atoms with Gasteiger partial charge in [-0.3, -0.25) is 4.79 Å². The second kappa shape index (κ2) is 8.50. The first-order valence-corrected chi connectivity index (χ1v) is 9.84. The van der Waals surface area contributed by atoms with Crippen molar-refractivity contribution in [3.05, 3.63) is 58.4 Å². The van der Waals surface area contributed by atoms with E-state index >= 15 is 0 Å². The number of hydrogen-bond acceptors (Lipinski definition) is 3. The first-order chi connectivity index (χ1) is 13.4. The highest BCUT2D eigenvalue weighted by Crippen LogP contribution is 2.20. The molecule has 6 heteroatoms. The van der Waals surface area contributed by atoms with Crippen LogP contribution in [0.2, 0.25) is 0 Å². The average Bonchev–Trinajstić information content (AvgIpc) is 2.94. The topological polar surface area (TPSA) is 54.8 Å². The van der Waals surface area contributed by atoms with Crippen LogP contribution in [0.5, 0.6) is 0 Å². The number of nitrogens with zero attached hydrogens (tertiary/aromatic N) is 3. The summed E-state index contributed by atoms with van der Waals surface area (Å²) >= 11 is 0. The maximum atomic E-state index is 13.3. The highest BCUT2D eigenvalue weighted by atomic mass is 16.6. The summed E-state index contributed by atoms with van der Waals surface area (Å²) in [6.07, 6.45) is -0.301. The number of benzene rings is 1. The largest absolute Gasteiger partial charge is 0.450 e. The van der Waals surface area contributed by atoms with Crippen molar-refractivity contribution < 1.29 is 14.3 Å². The van der Waals surface area contributed by atoms with Gasteiger partial charge in [0.15, 0.2) is 0 Å². The van der Waals surface area contributed by atoms with Crippen molar-refractivity contribution in [2.24, 2.45) is 0 Å². The molecule has 150 valence electrons. The normalized spacial score (nSPS) is 14.3. The molecule has 0 spiro atoms. The first kappa shape index (κ1) is 20.0. The Hall–Kier alpha value is -2.76. The molecule has 1 fully saturated rings. The van der Waals surface area contributed by atoms with Gasteiger partial charge < -0.3 is 19.1 Å². The molecule has 1 aromatic heterocycles. The molecule has 2 amide bonds. The van der Waals surface area contributed by atoms with E-state index in [-0.39, 0.29) is 12.0 Å². The molecule has 0 radical (unpaired) electrons. The van der Waals surface area contributed by atoms with E-state index in [9.17, 15) is 9.59 Å². The van der Waals surface area contributed by atoms with Crippen LogP contribution in [0.1, 0.15) is 39.8 Å². The molecule has 0 unspecified atom stereocenters. The molecule has 1 aliphatic heterocycles.